The first-order valence-corrected chi connectivity index (χ1v) is 3.67. The van der Waals surface area contributed by atoms with E-state index in [4.69, 9.17) is 10.2 Å². The number of hydrogen-bond donors (Lipinski definition) is 2. The van der Waals surface area contributed by atoms with Crippen molar-refractivity contribution in [3.8, 4) is 0 Å². The molecule has 0 amide bonds. The van der Waals surface area contributed by atoms with Crippen molar-refractivity contribution in [1.29, 1.82) is 0 Å². The van der Waals surface area contributed by atoms with Gasteiger partial charge in [-0.1, -0.05) is 17.7 Å². The van der Waals surface area contributed by atoms with Crippen LogP contribution in [0.15, 0.2) is 24.3 Å². The molecule has 0 rings (SSSR count). The van der Waals surface area contributed by atoms with Gasteiger partial charge in [0.05, 0.1) is 6.61 Å². The minimum absolute atomic E-state index is 0.191. The fraction of sp³-hybridized carbons (Fsp3) is 0.556. The zero-order valence-corrected chi connectivity index (χ0v) is 7.38. The molecule has 0 aliphatic heterocycles. The van der Waals surface area contributed by atoms with Crippen LogP contribution in [0.25, 0.3) is 0 Å². The summed E-state index contributed by atoms with van der Waals surface area (Å²) in [7, 11) is 0. The number of aliphatic hydroxyl groups excluding tert-OH is 2. The van der Waals surface area contributed by atoms with Crippen molar-refractivity contribution in [2.24, 2.45) is 0 Å². The predicted molar refractivity (Wildman–Crippen MR) is 48.4 cm³/mol. The van der Waals surface area contributed by atoms with Gasteiger partial charge >= 0.3 is 0 Å². The first-order chi connectivity index (χ1) is 5.22. The molecule has 0 aromatic carbocycles. The van der Waals surface area contributed by atoms with E-state index in [-0.39, 0.29) is 13.2 Å². The molecule has 0 saturated carbocycles. The fourth-order valence-electron chi connectivity index (χ4n) is 0.183. The maximum atomic E-state index is 8.27. The van der Waals surface area contributed by atoms with Gasteiger partial charge in [0.2, 0.25) is 0 Å². The minimum atomic E-state index is 0.191. The lowest BCUT2D eigenvalue weighted by atomic mass is 10.3. The molecule has 0 atom stereocenters. The third-order valence-corrected chi connectivity index (χ3v) is 1.08. The van der Waals surface area contributed by atoms with E-state index in [1.807, 2.05) is 19.9 Å². The van der Waals surface area contributed by atoms with Gasteiger partial charge in [-0.15, -0.1) is 6.58 Å². The molecule has 2 N–H and O–H groups in total. The highest BCUT2D eigenvalue weighted by molar-refractivity contribution is 4.94. The van der Waals surface area contributed by atoms with Gasteiger partial charge in [0, 0.05) is 6.61 Å². The zero-order valence-electron chi connectivity index (χ0n) is 7.38. The lowest BCUT2D eigenvalue weighted by Gasteiger charge is -1.84. The van der Waals surface area contributed by atoms with Crippen LogP contribution in [-0.4, -0.2) is 23.4 Å². The highest BCUT2D eigenvalue weighted by Crippen LogP contribution is 1.84. The molecule has 0 heterocycles. The summed E-state index contributed by atoms with van der Waals surface area (Å²) in [5.74, 6) is 0. The van der Waals surface area contributed by atoms with Gasteiger partial charge in [0.1, 0.15) is 0 Å². The van der Waals surface area contributed by atoms with E-state index in [9.17, 15) is 0 Å². The molecular formula is C9H18O2. The molecule has 0 fully saturated rings. The lowest BCUT2D eigenvalue weighted by molar-refractivity contribution is 0.303. The van der Waals surface area contributed by atoms with Crippen molar-refractivity contribution in [1.82, 2.24) is 0 Å². The van der Waals surface area contributed by atoms with Crippen LogP contribution in [0, 0.1) is 0 Å². The van der Waals surface area contributed by atoms with Crippen molar-refractivity contribution in [3.05, 3.63) is 24.3 Å². The Morgan fingerprint density at radius 2 is 2.00 bits per heavy atom. The quantitative estimate of drug-likeness (QED) is 0.611. The Morgan fingerprint density at radius 3 is 2.00 bits per heavy atom. The molecule has 0 aliphatic rings. The number of aliphatic hydroxyl groups is 2. The van der Waals surface area contributed by atoms with Crippen LogP contribution in [-0.2, 0) is 0 Å². The third kappa shape index (κ3) is 17.7. The van der Waals surface area contributed by atoms with Crippen LogP contribution in [0.2, 0.25) is 0 Å². The van der Waals surface area contributed by atoms with Crippen molar-refractivity contribution < 1.29 is 10.2 Å². The average Bonchev–Trinajstić information content (AvgIpc) is 2.06. The second-order valence-electron chi connectivity index (χ2n) is 2.09. The van der Waals surface area contributed by atoms with Gasteiger partial charge in [-0.05, 0) is 20.3 Å². The fourth-order valence-corrected chi connectivity index (χ4v) is 0.183. The van der Waals surface area contributed by atoms with E-state index in [1.54, 1.807) is 6.08 Å². The molecule has 0 unspecified atom stereocenters. The number of allylic oxidation sites excluding steroid dienone is 1. The van der Waals surface area contributed by atoms with Crippen LogP contribution < -0.4 is 0 Å². The molecule has 66 valence electrons. The van der Waals surface area contributed by atoms with Crippen molar-refractivity contribution >= 4 is 0 Å². The molecule has 2 heteroatoms. The highest BCUT2D eigenvalue weighted by Gasteiger charge is 1.74. The molecule has 0 bridgehead atoms. The smallest absolute Gasteiger partial charge is 0.0638 e. The lowest BCUT2D eigenvalue weighted by Crippen LogP contribution is -1.79. The Labute approximate surface area is 68.9 Å². The van der Waals surface area contributed by atoms with Crippen molar-refractivity contribution in [2.45, 2.75) is 20.3 Å². The molecule has 2 nitrogen and oxygen atoms in total. The topological polar surface area (TPSA) is 40.5 Å². The van der Waals surface area contributed by atoms with Crippen molar-refractivity contribution in [2.75, 3.05) is 13.2 Å². The first kappa shape index (κ1) is 13.0. The monoisotopic (exact) mass is 158 g/mol. The Kier molecular flexibility index (Phi) is 14.3. The summed E-state index contributed by atoms with van der Waals surface area (Å²) < 4.78 is 0. The third-order valence-electron chi connectivity index (χ3n) is 1.08. The maximum absolute atomic E-state index is 8.27. The summed E-state index contributed by atoms with van der Waals surface area (Å²) in [4.78, 5) is 0. The van der Waals surface area contributed by atoms with E-state index in [1.165, 1.54) is 0 Å². The van der Waals surface area contributed by atoms with E-state index in [0.717, 1.165) is 5.57 Å². The molecule has 0 radical (unpaired) electrons. The standard InChI is InChI=1S/C5H10O.C4H8O/c1-3-5(2)4-6;1-2-3-4-5/h3,6H,4H2,1-2H3;2,5H,1,3-4H2. The Bertz CT molecular complexity index is 106. The van der Waals surface area contributed by atoms with E-state index in [2.05, 4.69) is 6.58 Å². The summed E-state index contributed by atoms with van der Waals surface area (Å²) in [6.45, 7) is 7.60. The molecule has 0 saturated heterocycles. The second-order valence-corrected chi connectivity index (χ2v) is 2.09. The highest BCUT2D eigenvalue weighted by atomic mass is 16.3. The summed E-state index contributed by atoms with van der Waals surface area (Å²) in [5, 5.41) is 16.3. The molecule has 0 aromatic heterocycles. The Balaban J connectivity index is 0. The van der Waals surface area contributed by atoms with Crippen molar-refractivity contribution in [3.63, 3.8) is 0 Å². The van der Waals surface area contributed by atoms with Crippen LogP contribution in [0.4, 0.5) is 0 Å². The van der Waals surface area contributed by atoms with Gasteiger partial charge in [0.15, 0.2) is 0 Å². The predicted octanol–water partition coefficient (Wildman–Crippen LogP) is 1.50. The van der Waals surface area contributed by atoms with Crippen LogP contribution in [0.1, 0.15) is 20.3 Å². The maximum Gasteiger partial charge on any atom is 0.0638 e. The van der Waals surface area contributed by atoms with Gasteiger partial charge in [0.25, 0.3) is 0 Å². The summed E-state index contributed by atoms with van der Waals surface area (Å²) in [6, 6.07) is 0. The van der Waals surface area contributed by atoms with Gasteiger partial charge < -0.3 is 10.2 Å². The average molecular weight is 158 g/mol. The second kappa shape index (κ2) is 12.1. The largest absolute Gasteiger partial charge is 0.396 e. The summed E-state index contributed by atoms with van der Waals surface area (Å²) in [6.07, 6.45) is 4.28. The number of rotatable bonds is 3. The van der Waals surface area contributed by atoms with Crippen LogP contribution >= 0.6 is 0 Å². The van der Waals surface area contributed by atoms with E-state index in [0.29, 0.717) is 6.42 Å². The zero-order chi connectivity index (χ0) is 9.11. The normalized spacial score (nSPS) is 10.0. The van der Waals surface area contributed by atoms with Crippen LogP contribution in [0.5, 0.6) is 0 Å². The SMILES string of the molecule is C=CCCO.CC=C(C)CO. The van der Waals surface area contributed by atoms with Crippen LogP contribution in [0.3, 0.4) is 0 Å². The molecule has 0 spiro atoms. The minimum Gasteiger partial charge on any atom is -0.396 e. The molecule has 0 aliphatic carbocycles. The van der Waals surface area contributed by atoms with E-state index >= 15 is 0 Å². The Morgan fingerprint density at radius 1 is 1.45 bits per heavy atom. The molecular weight excluding hydrogens is 140 g/mol. The first-order valence-electron chi connectivity index (χ1n) is 3.67. The molecule has 11 heavy (non-hydrogen) atoms. The van der Waals surface area contributed by atoms with Gasteiger partial charge in [-0.3, -0.25) is 0 Å². The van der Waals surface area contributed by atoms with Gasteiger partial charge in [-0.25, -0.2) is 0 Å². The number of hydrogen-bond acceptors (Lipinski definition) is 2. The Hall–Kier alpha value is -0.600. The summed E-state index contributed by atoms with van der Waals surface area (Å²) in [5.41, 5.74) is 1.02. The molecule has 0 aromatic rings. The van der Waals surface area contributed by atoms with E-state index < -0.39 is 0 Å². The summed E-state index contributed by atoms with van der Waals surface area (Å²) >= 11 is 0. The van der Waals surface area contributed by atoms with Gasteiger partial charge in [-0.2, -0.15) is 0 Å².